The van der Waals surface area contributed by atoms with Gasteiger partial charge in [0.15, 0.2) is 0 Å². The van der Waals surface area contributed by atoms with E-state index in [1.807, 2.05) is 0 Å². The van der Waals surface area contributed by atoms with Crippen LogP contribution in [0.25, 0.3) is 0 Å². The number of rotatable bonds is 18. The number of aliphatic hydroxyl groups is 1. The molecule has 5 amide bonds. The van der Waals surface area contributed by atoms with E-state index in [0.717, 1.165) is 27.9 Å². The van der Waals surface area contributed by atoms with E-state index in [0.29, 0.717) is 16.9 Å². The number of aromatic nitrogens is 2. The van der Waals surface area contributed by atoms with Gasteiger partial charge in [-0.25, -0.2) is 14.4 Å². The molecule has 0 unspecified atom stereocenters. The van der Waals surface area contributed by atoms with Crippen molar-refractivity contribution in [3.05, 3.63) is 105 Å². The largest absolute Gasteiger partial charge is 0.508 e. The lowest BCUT2D eigenvalue weighted by Crippen LogP contribution is -2.62. The number of carbonyl (C=O) groups is 5. The fourth-order valence-corrected chi connectivity index (χ4v) is 6.62. The number of thioether (sulfide) groups is 1. The highest BCUT2D eigenvalue weighted by Crippen LogP contribution is 2.30. The average Bonchev–Trinajstić information content (AvgIpc) is 3.55. The fraction of sp³-hybridized carbons (Fsp3) is 0.395. The van der Waals surface area contributed by atoms with E-state index >= 15 is 0 Å². The fourth-order valence-electron chi connectivity index (χ4n) is 6.14. The lowest BCUT2D eigenvalue weighted by Gasteiger charge is -2.34. The summed E-state index contributed by atoms with van der Waals surface area (Å²) in [5.74, 6) is -3.47. The molecule has 1 saturated heterocycles. The summed E-state index contributed by atoms with van der Waals surface area (Å²) in [4.78, 5) is 93.8. The second-order valence-corrected chi connectivity index (χ2v) is 14.8. The number of carbonyl (C=O) groups excluding carboxylic acids is 4. The van der Waals surface area contributed by atoms with Crippen molar-refractivity contribution in [3.8, 4) is 11.5 Å². The van der Waals surface area contributed by atoms with Crippen LogP contribution in [0.15, 0.2) is 82.3 Å². The highest BCUT2D eigenvalue weighted by atomic mass is 32.2. The van der Waals surface area contributed by atoms with E-state index in [-0.39, 0.29) is 42.9 Å². The number of nitrogens with zero attached hydrogens (tertiary/aromatic N) is 2. The standard InChI is InChI=1S/C38H48N8O12S/c1-20(45(2)34(53)26(39)16-21-6-4-8-23(47)14-21)31(33(52)40-19-25-18-29(49)35(58-25)46-12-10-30(50)43-38(46)57)44-32(51)27(11-13-59-3)41-37(56)42-28(36(54)55)17-22-7-5-9-24(48)15-22/h4-10,12,14-15,19-20,26-29,31,35,47-49H,11,13,16-18,39H2,1-3H3,(H,40,52)(H,44,51)(H,54,55)(H2,41,42,56)(H,43,50,57)/b25-19+/t20-,26-,27-,28-,29+,31+,35+/m0/s1. The second-order valence-electron chi connectivity index (χ2n) is 13.8. The van der Waals surface area contributed by atoms with E-state index in [2.05, 4.69) is 26.3 Å². The topological polar surface area (TPSA) is 308 Å². The van der Waals surface area contributed by atoms with Gasteiger partial charge in [0.25, 0.3) is 5.56 Å². The Hall–Kier alpha value is -6.32. The molecule has 20 nitrogen and oxygen atoms in total. The smallest absolute Gasteiger partial charge is 0.331 e. The van der Waals surface area contributed by atoms with Gasteiger partial charge in [-0.3, -0.25) is 28.7 Å². The van der Waals surface area contributed by atoms with E-state index in [4.69, 9.17) is 10.5 Å². The van der Waals surface area contributed by atoms with Gasteiger partial charge in [-0.05, 0) is 67.2 Å². The third-order valence-corrected chi connectivity index (χ3v) is 10.0. The summed E-state index contributed by atoms with van der Waals surface area (Å²) in [5, 5.41) is 50.0. The Morgan fingerprint density at radius 2 is 1.61 bits per heavy atom. The van der Waals surface area contributed by atoms with Gasteiger partial charge in [-0.15, -0.1) is 0 Å². The zero-order valence-electron chi connectivity index (χ0n) is 32.4. The van der Waals surface area contributed by atoms with Gasteiger partial charge in [0.1, 0.15) is 41.5 Å². The van der Waals surface area contributed by atoms with Gasteiger partial charge >= 0.3 is 17.7 Å². The molecule has 0 spiro atoms. The first-order valence-electron chi connectivity index (χ1n) is 18.3. The number of benzene rings is 2. The number of phenols is 2. The Labute approximate surface area is 341 Å². The van der Waals surface area contributed by atoms with Crippen molar-refractivity contribution in [2.45, 2.75) is 75.1 Å². The first kappa shape index (κ1) is 45.4. The molecule has 0 radical (unpaired) electrons. The maximum Gasteiger partial charge on any atom is 0.331 e. The van der Waals surface area contributed by atoms with Crippen molar-refractivity contribution in [3.63, 3.8) is 0 Å². The number of H-pyrrole nitrogens is 1. The van der Waals surface area contributed by atoms with Crippen molar-refractivity contribution >= 4 is 41.5 Å². The molecule has 1 fully saturated rings. The van der Waals surface area contributed by atoms with Crippen LogP contribution in [-0.4, -0.2) is 120 Å². The number of nitrogens with two attached hydrogens (primary N) is 1. The monoisotopic (exact) mass is 840 g/mol. The minimum absolute atomic E-state index is 0.0252. The molecule has 3 aromatic rings. The molecule has 1 aliphatic rings. The molecular formula is C38H48N8O12S. The third-order valence-electron chi connectivity index (χ3n) is 9.40. The number of urea groups is 1. The van der Waals surface area contributed by atoms with Gasteiger partial charge in [-0.2, -0.15) is 11.8 Å². The van der Waals surface area contributed by atoms with Crippen molar-refractivity contribution in [1.82, 2.24) is 35.7 Å². The summed E-state index contributed by atoms with van der Waals surface area (Å²) < 4.78 is 6.65. The van der Waals surface area contributed by atoms with E-state index < -0.39 is 83.5 Å². The minimum atomic E-state index is -1.52. The van der Waals surface area contributed by atoms with Gasteiger partial charge in [-0.1, -0.05) is 24.3 Å². The third kappa shape index (κ3) is 12.8. The summed E-state index contributed by atoms with van der Waals surface area (Å²) in [6.45, 7) is 1.47. The number of likely N-dealkylation sites (N-methyl/N-ethyl adjacent to an activating group) is 1. The SMILES string of the molecule is CSCC[C@H](NC(=O)N[C@@H](Cc1cccc(O)c1)C(=O)O)C(=O)N[C@@H](C(=O)N/C=C1\C[C@@H](O)[C@H](n2ccc(=O)[nH]c2=O)O1)[C@H](C)N(C)C(=O)[C@@H](N)Cc1cccc(O)c1. The molecule has 59 heavy (non-hydrogen) atoms. The minimum Gasteiger partial charge on any atom is -0.508 e. The van der Waals surface area contributed by atoms with Crippen LogP contribution >= 0.6 is 11.8 Å². The first-order valence-corrected chi connectivity index (χ1v) is 19.7. The normalized spacial score (nSPS) is 18.0. The van der Waals surface area contributed by atoms with Crippen LogP contribution in [-0.2, 0) is 36.8 Å². The summed E-state index contributed by atoms with van der Waals surface area (Å²) in [5.41, 5.74) is 5.75. The molecule has 0 bridgehead atoms. The number of carboxylic acid groups (broad SMARTS) is 1. The van der Waals surface area contributed by atoms with E-state index in [9.17, 15) is 54.0 Å². The van der Waals surface area contributed by atoms with E-state index in [1.165, 1.54) is 56.1 Å². The highest BCUT2D eigenvalue weighted by Gasteiger charge is 2.37. The molecule has 0 saturated carbocycles. The molecule has 7 atom stereocenters. The zero-order chi connectivity index (χ0) is 43.4. The average molecular weight is 841 g/mol. The number of ether oxygens (including phenoxy) is 1. The Morgan fingerprint density at radius 3 is 2.20 bits per heavy atom. The summed E-state index contributed by atoms with van der Waals surface area (Å²) >= 11 is 1.35. The number of nitrogens with one attached hydrogen (secondary N) is 5. The number of aliphatic hydroxyl groups excluding tert-OH is 1. The van der Waals surface area contributed by atoms with Crippen LogP contribution in [0.5, 0.6) is 11.5 Å². The van der Waals surface area contributed by atoms with Gasteiger partial charge in [0, 0.05) is 38.4 Å². The Kier molecular flexibility index (Phi) is 16.1. The summed E-state index contributed by atoms with van der Waals surface area (Å²) in [6, 6.07) is 5.55. The molecule has 11 N–H and O–H groups in total. The number of amides is 5. The number of hydrogen-bond donors (Lipinski definition) is 10. The number of phenolic OH excluding ortho intramolecular Hbond substituents is 2. The van der Waals surface area contributed by atoms with Crippen LogP contribution < -0.4 is 38.2 Å². The number of hydrogen-bond acceptors (Lipinski definition) is 13. The number of carboxylic acids is 1. The molecule has 318 valence electrons. The van der Waals surface area contributed by atoms with Gasteiger partial charge < -0.3 is 57.1 Å². The number of aromatic hydroxyl groups is 2. The van der Waals surface area contributed by atoms with Crippen molar-refractivity contribution in [1.29, 1.82) is 0 Å². The van der Waals surface area contributed by atoms with Crippen LogP contribution in [0.2, 0.25) is 0 Å². The molecule has 1 aromatic heterocycles. The van der Waals surface area contributed by atoms with E-state index in [1.54, 1.807) is 24.5 Å². The maximum absolute atomic E-state index is 13.9. The summed E-state index contributed by atoms with van der Waals surface area (Å²) in [7, 11) is 1.37. The lowest BCUT2D eigenvalue weighted by molar-refractivity contribution is -0.139. The molecular weight excluding hydrogens is 793 g/mol. The number of aliphatic carboxylic acids is 1. The Balaban J connectivity index is 1.55. The molecule has 4 rings (SSSR count). The highest BCUT2D eigenvalue weighted by molar-refractivity contribution is 7.98. The van der Waals surface area contributed by atoms with Crippen LogP contribution in [0.1, 0.15) is 37.1 Å². The molecule has 0 aliphatic carbocycles. The summed E-state index contributed by atoms with van der Waals surface area (Å²) in [6.07, 6.45) is 1.22. The zero-order valence-corrected chi connectivity index (χ0v) is 33.2. The predicted octanol–water partition coefficient (Wildman–Crippen LogP) is -0.796. The van der Waals surface area contributed by atoms with Crippen molar-refractivity contribution in [2.75, 3.05) is 19.1 Å². The lowest BCUT2D eigenvalue weighted by atomic mass is 10.0. The molecule has 2 heterocycles. The van der Waals surface area contributed by atoms with Crippen molar-refractivity contribution in [2.24, 2.45) is 5.73 Å². The van der Waals surface area contributed by atoms with Crippen LogP contribution in [0.3, 0.4) is 0 Å². The van der Waals surface area contributed by atoms with Gasteiger partial charge in [0.05, 0.1) is 12.1 Å². The maximum atomic E-state index is 13.9. The Bertz CT molecular complexity index is 2140. The second kappa shape index (κ2) is 20.9. The van der Waals surface area contributed by atoms with Crippen molar-refractivity contribution < 1.29 is 49.1 Å². The molecule has 1 aliphatic heterocycles. The number of aromatic amines is 1. The van der Waals surface area contributed by atoms with Crippen LogP contribution in [0.4, 0.5) is 4.79 Å². The Morgan fingerprint density at radius 1 is 0.983 bits per heavy atom. The predicted molar refractivity (Wildman–Crippen MR) is 214 cm³/mol. The molecule has 21 heteroatoms. The van der Waals surface area contributed by atoms with Crippen LogP contribution in [0, 0.1) is 0 Å². The molecule has 2 aromatic carbocycles. The first-order chi connectivity index (χ1) is 28.0. The quantitative estimate of drug-likeness (QED) is 0.0751. The van der Waals surface area contributed by atoms with Gasteiger partial charge in [0.2, 0.25) is 23.9 Å².